The van der Waals surface area contributed by atoms with E-state index in [2.05, 4.69) is 40.7 Å². The number of ether oxygens (including phenoxy) is 2. The van der Waals surface area contributed by atoms with E-state index in [9.17, 15) is 9.59 Å². The Bertz CT molecular complexity index is 1050. The average Bonchev–Trinajstić information content (AvgIpc) is 3.26. The van der Waals surface area contributed by atoms with Crippen LogP contribution in [0, 0.1) is 5.92 Å². The smallest absolute Gasteiger partial charge is 0.415 e. The molecule has 0 aliphatic carbocycles. The second kappa shape index (κ2) is 10.7. The molecule has 10 nitrogen and oxygen atoms in total. The number of carbonyl (C=O) groups is 2. The zero-order valence-corrected chi connectivity index (χ0v) is 20.4. The zero-order chi connectivity index (χ0) is 24.9. The summed E-state index contributed by atoms with van der Waals surface area (Å²) in [4.78, 5) is 40.7. The standard InChI is InChI=1S/C25H32N6O4/c1-5-23(32)30-12-9-19(10-13-30)35-22-7-6-18(14-27-22)17(4)28-24-26-11-8-21(29-24)31-20(16(2)3)15-34-25(31)33/h5-8,11,14,16-17,19-20H,1,9-10,12-13,15H2,2-4H3,(H,26,28,29)/t17-,20+/m0/s1. The summed E-state index contributed by atoms with van der Waals surface area (Å²) in [5.74, 6) is 1.68. The molecular weight excluding hydrogens is 448 g/mol. The Morgan fingerprint density at radius 1 is 1.23 bits per heavy atom. The summed E-state index contributed by atoms with van der Waals surface area (Å²) in [6.45, 7) is 11.3. The normalized spacial score (nSPS) is 19.4. The molecule has 186 valence electrons. The second-order valence-corrected chi connectivity index (χ2v) is 9.14. The van der Waals surface area contributed by atoms with E-state index in [1.54, 1.807) is 28.3 Å². The zero-order valence-electron chi connectivity index (χ0n) is 20.4. The van der Waals surface area contributed by atoms with E-state index in [1.165, 1.54) is 6.08 Å². The van der Waals surface area contributed by atoms with Gasteiger partial charge in [-0.3, -0.25) is 9.69 Å². The molecular formula is C25H32N6O4. The number of pyridine rings is 1. The molecule has 2 saturated heterocycles. The molecule has 0 saturated carbocycles. The molecule has 0 aromatic carbocycles. The summed E-state index contributed by atoms with van der Waals surface area (Å²) in [6, 6.07) is 5.33. The lowest BCUT2D eigenvalue weighted by Crippen LogP contribution is -2.41. The van der Waals surface area contributed by atoms with Crippen molar-refractivity contribution in [1.29, 1.82) is 0 Å². The molecule has 2 atom stereocenters. The predicted octanol–water partition coefficient (Wildman–Crippen LogP) is 3.58. The fourth-order valence-electron chi connectivity index (χ4n) is 4.23. The highest BCUT2D eigenvalue weighted by Gasteiger charge is 2.37. The lowest BCUT2D eigenvalue weighted by Gasteiger charge is -2.31. The van der Waals surface area contributed by atoms with Gasteiger partial charge >= 0.3 is 6.09 Å². The van der Waals surface area contributed by atoms with Crippen molar-refractivity contribution in [2.24, 2.45) is 5.92 Å². The number of carbonyl (C=O) groups excluding carboxylic acids is 2. The highest BCUT2D eigenvalue weighted by atomic mass is 16.6. The van der Waals surface area contributed by atoms with E-state index in [4.69, 9.17) is 9.47 Å². The van der Waals surface area contributed by atoms with Crippen LogP contribution < -0.4 is 15.0 Å². The number of cyclic esters (lactones) is 1. The summed E-state index contributed by atoms with van der Waals surface area (Å²) in [5, 5.41) is 3.28. The third-order valence-electron chi connectivity index (χ3n) is 6.38. The number of hydrogen-bond donors (Lipinski definition) is 1. The Morgan fingerprint density at radius 3 is 2.66 bits per heavy atom. The third kappa shape index (κ3) is 5.70. The van der Waals surface area contributed by atoms with Crippen LogP contribution in [-0.2, 0) is 9.53 Å². The number of nitrogens with one attached hydrogen (secondary N) is 1. The van der Waals surface area contributed by atoms with Crippen molar-refractivity contribution in [3.8, 4) is 5.88 Å². The quantitative estimate of drug-likeness (QED) is 0.571. The lowest BCUT2D eigenvalue weighted by molar-refractivity contribution is -0.127. The van der Waals surface area contributed by atoms with Gasteiger partial charge in [0.25, 0.3) is 0 Å². The first-order valence-corrected chi connectivity index (χ1v) is 11.9. The van der Waals surface area contributed by atoms with E-state index in [1.807, 2.05) is 19.1 Å². The number of amides is 2. The van der Waals surface area contributed by atoms with Gasteiger partial charge in [-0.1, -0.05) is 26.5 Å². The van der Waals surface area contributed by atoms with E-state index in [0.717, 1.165) is 18.4 Å². The Morgan fingerprint density at radius 2 is 2.00 bits per heavy atom. The van der Waals surface area contributed by atoms with E-state index in [0.29, 0.717) is 37.3 Å². The van der Waals surface area contributed by atoms with E-state index >= 15 is 0 Å². The van der Waals surface area contributed by atoms with Gasteiger partial charge in [-0.2, -0.15) is 4.98 Å². The Hall–Kier alpha value is -3.69. The molecule has 4 heterocycles. The van der Waals surface area contributed by atoms with Crippen molar-refractivity contribution < 1.29 is 19.1 Å². The van der Waals surface area contributed by atoms with Gasteiger partial charge < -0.3 is 19.7 Å². The Labute approximate surface area is 205 Å². The van der Waals surface area contributed by atoms with Crippen LogP contribution in [0.15, 0.2) is 43.2 Å². The summed E-state index contributed by atoms with van der Waals surface area (Å²) in [6.07, 6.45) is 5.90. The fourth-order valence-corrected chi connectivity index (χ4v) is 4.23. The highest BCUT2D eigenvalue weighted by molar-refractivity contribution is 5.89. The largest absolute Gasteiger partial charge is 0.474 e. The molecule has 0 radical (unpaired) electrons. The van der Waals surface area contributed by atoms with E-state index < -0.39 is 0 Å². The van der Waals surface area contributed by atoms with E-state index in [-0.39, 0.29) is 36.1 Å². The number of aromatic nitrogens is 3. The maximum absolute atomic E-state index is 12.3. The first-order chi connectivity index (χ1) is 16.9. The number of likely N-dealkylation sites (tertiary alicyclic amines) is 1. The number of rotatable bonds is 8. The van der Waals surface area contributed by atoms with Gasteiger partial charge in [0.05, 0.1) is 12.1 Å². The molecule has 2 aromatic heterocycles. The number of nitrogens with zero attached hydrogens (tertiary/aromatic N) is 5. The predicted molar refractivity (Wildman–Crippen MR) is 131 cm³/mol. The van der Waals surface area contributed by atoms with Gasteiger partial charge in [-0.25, -0.2) is 14.8 Å². The number of anilines is 2. The fraction of sp³-hybridized carbons (Fsp3) is 0.480. The van der Waals surface area contributed by atoms with Crippen LogP contribution in [0.1, 0.15) is 45.2 Å². The van der Waals surface area contributed by atoms with Gasteiger partial charge in [0, 0.05) is 44.4 Å². The first kappa shape index (κ1) is 24.4. The second-order valence-electron chi connectivity index (χ2n) is 9.14. The van der Waals surface area contributed by atoms with Crippen LogP contribution in [0.25, 0.3) is 0 Å². The summed E-state index contributed by atoms with van der Waals surface area (Å²) < 4.78 is 11.2. The molecule has 0 unspecified atom stereocenters. The molecule has 0 spiro atoms. The minimum absolute atomic E-state index is 0.0286. The number of piperidine rings is 1. The molecule has 2 aromatic rings. The third-order valence-corrected chi connectivity index (χ3v) is 6.38. The maximum Gasteiger partial charge on any atom is 0.415 e. The van der Waals surface area contributed by atoms with Crippen molar-refractivity contribution in [1.82, 2.24) is 19.9 Å². The summed E-state index contributed by atoms with van der Waals surface area (Å²) >= 11 is 0. The maximum atomic E-state index is 12.3. The molecule has 2 aliphatic heterocycles. The topological polar surface area (TPSA) is 110 Å². The molecule has 35 heavy (non-hydrogen) atoms. The lowest BCUT2D eigenvalue weighted by atomic mass is 10.0. The highest BCUT2D eigenvalue weighted by Crippen LogP contribution is 2.27. The molecule has 10 heteroatoms. The Balaban J connectivity index is 1.35. The van der Waals surface area contributed by atoms with Crippen molar-refractivity contribution in [3.05, 3.63) is 48.8 Å². The molecule has 2 amide bonds. The molecule has 2 fully saturated rings. The van der Waals surface area contributed by atoms with Crippen molar-refractivity contribution in [2.45, 2.75) is 51.8 Å². The minimum Gasteiger partial charge on any atom is -0.474 e. The van der Waals surface area contributed by atoms with Crippen molar-refractivity contribution >= 4 is 23.8 Å². The molecule has 1 N–H and O–H groups in total. The first-order valence-electron chi connectivity index (χ1n) is 11.9. The minimum atomic E-state index is -0.390. The van der Waals surface area contributed by atoms with Gasteiger partial charge in [-0.05, 0) is 30.5 Å². The van der Waals surface area contributed by atoms with Crippen LogP contribution in [0.3, 0.4) is 0 Å². The van der Waals surface area contributed by atoms with Gasteiger partial charge in [0.1, 0.15) is 18.5 Å². The molecule has 0 bridgehead atoms. The summed E-state index contributed by atoms with van der Waals surface area (Å²) in [7, 11) is 0. The van der Waals surface area contributed by atoms with Crippen LogP contribution >= 0.6 is 0 Å². The molecule has 2 aliphatic rings. The van der Waals surface area contributed by atoms with Gasteiger partial charge in [0.15, 0.2) is 0 Å². The van der Waals surface area contributed by atoms with Gasteiger partial charge in [0.2, 0.25) is 17.7 Å². The van der Waals surface area contributed by atoms with Gasteiger partial charge in [-0.15, -0.1) is 0 Å². The van der Waals surface area contributed by atoms with Crippen LogP contribution in [0.4, 0.5) is 16.6 Å². The Kier molecular flexibility index (Phi) is 7.48. The SMILES string of the molecule is C=CC(=O)N1CCC(Oc2ccc([C@H](C)Nc3nccc(N4C(=O)OC[C@@H]4C(C)C)n3)cn2)CC1. The van der Waals surface area contributed by atoms with Crippen LogP contribution in [-0.4, -0.2) is 63.7 Å². The van der Waals surface area contributed by atoms with Crippen LogP contribution in [0.5, 0.6) is 5.88 Å². The van der Waals surface area contributed by atoms with Crippen molar-refractivity contribution in [2.75, 3.05) is 29.9 Å². The number of hydrogen-bond acceptors (Lipinski definition) is 8. The molecule has 4 rings (SSSR count). The summed E-state index contributed by atoms with van der Waals surface area (Å²) in [5.41, 5.74) is 0.943. The van der Waals surface area contributed by atoms with Crippen LogP contribution in [0.2, 0.25) is 0 Å². The average molecular weight is 481 g/mol. The monoisotopic (exact) mass is 480 g/mol. The van der Waals surface area contributed by atoms with Crippen molar-refractivity contribution in [3.63, 3.8) is 0 Å².